The zero-order valence-corrected chi connectivity index (χ0v) is 14.6. The largest absolute Gasteiger partial charge is 0.481 e. The fourth-order valence-corrected chi connectivity index (χ4v) is 3.01. The minimum absolute atomic E-state index is 0.104. The number of nitrogens with one attached hydrogen (secondary N) is 1. The van der Waals surface area contributed by atoms with Crippen molar-refractivity contribution < 1.29 is 14.7 Å². The van der Waals surface area contributed by atoms with E-state index in [4.69, 9.17) is 5.11 Å². The molecular formula is C19H24N2O3. The summed E-state index contributed by atoms with van der Waals surface area (Å²) in [5.74, 6) is -0.943. The van der Waals surface area contributed by atoms with Crippen molar-refractivity contribution in [2.45, 2.75) is 46.6 Å². The monoisotopic (exact) mass is 328 g/mol. The average Bonchev–Trinajstić information content (AvgIpc) is 2.81. The topological polar surface area (TPSA) is 71.3 Å². The van der Waals surface area contributed by atoms with Crippen LogP contribution in [0, 0.1) is 13.8 Å². The molecule has 0 saturated carbocycles. The van der Waals surface area contributed by atoms with Gasteiger partial charge in [0, 0.05) is 29.5 Å². The Balaban J connectivity index is 2.10. The van der Waals surface area contributed by atoms with Gasteiger partial charge in [0.2, 0.25) is 0 Å². The van der Waals surface area contributed by atoms with Gasteiger partial charge in [-0.1, -0.05) is 12.1 Å². The first kappa shape index (κ1) is 17.8. The van der Waals surface area contributed by atoms with Crippen LogP contribution in [0.15, 0.2) is 30.3 Å². The van der Waals surface area contributed by atoms with Crippen molar-refractivity contribution in [3.05, 3.63) is 52.8 Å². The van der Waals surface area contributed by atoms with Crippen molar-refractivity contribution in [1.29, 1.82) is 0 Å². The quantitative estimate of drug-likeness (QED) is 0.843. The molecule has 0 spiro atoms. The van der Waals surface area contributed by atoms with E-state index >= 15 is 0 Å². The number of carbonyl (C=O) groups is 2. The Hall–Kier alpha value is -2.56. The Labute approximate surface area is 142 Å². The normalized spacial score (nSPS) is 10.9. The molecule has 1 amide bonds. The van der Waals surface area contributed by atoms with Gasteiger partial charge in [-0.2, -0.15) is 0 Å². The van der Waals surface area contributed by atoms with Crippen molar-refractivity contribution >= 4 is 17.6 Å². The first-order valence-corrected chi connectivity index (χ1v) is 8.10. The Morgan fingerprint density at radius 2 is 1.79 bits per heavy atom. The van der Waals surface area contributed by atoms with E-state index in [1.165, 1.54) is 0 Å². The van der Waals surface area contributed by atoms with Gasteiger partial charge in [-0.05, 0) is 57.9 Å². The highest BCUT2D eigenvalue weighted by atomic mass is 16.4. The van der Waals surface area contributed by atoms with E-state index in [9.17, 15) is 9.59 Å². The van der Waals surface area contributed by atoms with Gasteiger partial charge in [-0.25, -0.2) is 0 Å². The third-order valence-corrected chi connectivity index (χ3v) is 4.08. The first-order valence-electron chi connectivity index (χ1n) is 8.10. The number of carbonyl (C=O) groups excluding carboxylic acids is 1. The summed E-state index contributed by atoms with van der Waals surface area (Å²) in [7, 11) is 0. The van der Waals surface area contributed by atoms with Crippen molar-refractivity contribution in [3.8, 4) is 0 Å². The number of aromatic nitrogens is 1. The predicted molar refractivity (Wildman–Crippen MR) is 94.6 cm³/mol. The molecule has 0 aliphatic rings. The fraction of sp³-hybridized carbons (Fsp3) is 0.368. The molecule has 128 valence electrons. The molecule has 0 aliphatic carbocycles. The summed E-state index contributed by atoms with van der Waals surface area (Å²) in [4.78, 5) is 23.1. The maximum absolute atomic E-state index is 12.5. The molecule has 5 heteroatoms. The number of anilines is 1. The molecule has 24 heavy (non-hydrogen) atoms. The molecule has 5 nitrogen and oxygen atoms in total. The second-order valence-corrected chi connectivity index (χ2v) is 6.29. The molecule has 2 N–H and O–H groups in total. The molecule has 1 aromatic carbocycles. The van der Waals surface area contributed by atoms with Gasteiger partial charge < -0.3 is 15.0 Å². The molecule has 0 aliphatic heterocycles. The van der Waals surface area contributed by atoms with Crippen molar-refractivity contribution in [1.82, 2.24) is 4.57 Å². The van der Waals surface area contributed by atoms with E-state index in [1.807, 2.05) is 32.0 Å². The zero-order valence-electron chi connectivity index (χ0n) is 14.6. The van der Waals surface area contributed by atoms with E-state index in [1.54, 1.807) is 12.1 Å². The van der Waals surface area contributed by atoms with Crippen LogP contribution in [0.25, 0.3) is 0 Å². The second-order valence-electron chi connectivity index (χ2n) is 6.29. The van der Waals surface area contributed by atoms with Crippen molar-refractivity contribution in [2.75, 3.05) is 5.32 Å². The summed E-state index contributed by atoms with van der Waals surface area (Å²) in [5, 5.41) is 11.6. The molecule has 0 saturated heterocycles. The second kappa shape index (κ2) is 7.34. The predicted octanol–water partition coefficient (Wildman–Crippen LogP) is 3.96. The SMILES string of the molecule is Cc1cc(C(=O)Nc2ccc(CCC(=O)O)cc2)c(C)n1C(C)C. The average molecular weight is 328 g/mol. The van der Waals surface area contributed by atoms with Gasteiger partial charge in [0.15, 0.2) is 0 Å². The highest BCUT2D eigenvalue weighted by Crippen LogP contribution is 2.21. The maximum Gasteiger partial charge on any atom is 0.303 e. The van der Waals surface area contributed by atoms with Crippen LogP contribution in [-0.4, -0.2) is 21.6 Å². The number of rotatable bonds is 6. The summed E-state index contributed by atoms with van der Waals surface area (Å²) in [6.07, 6.45) is 0.589. The lowest BCUT2D eigenvalue weighted by molar-refractivity contribution is -0.136. The van der Waals surface area contributed by atoms with Crippen LogP contribution < -0.4 is 5.32 Å². The number of carboxylic acids is 1. The van der Waals surface area contributed by atoms with Gasteiger partial charge in [0.05, 0.1) is 5.56 Å². The van der Waals surface area contributed by atoms with Crippen LogP contribution in [-0.2, 0) is 11.2 Å². The van der Waals surface area contributed by atoms with E-state index in [2.05, 4.69) is 23.7 Å². The highest BCUT2D eigenvalue weighted by molar-refractivity contribution is 6.05. The van der Waals surface area contributed by atoms with Crippen LogP contribution in [0.4, 0.5) is 5.69 Å². The molecule has 2 aromatic rings. The minimum atomic E-state index is -0.812. The third kappa shape index (κ3) is 4.04. The molecule has 0 radical (unpaired) electrons. The van der Waals surface area contributed by atoms with Gasteiger partial charge in [0.25, 0.3) is 5.91 Å². The highest BCUT2D eigenvalue weighted by Gasteiger charge is 2.17. The van der Waals surface area contributed by atoms with E-state index in [-0.39, 0.29) is 12.3 Å². The summed E-state index contributed by atoms with van der Waals surface area (Å²) < 4.78 is 2.14. The molecule has 0 bridgehead atoms. The van der Waals surface area contributed by atoms with Gasteiger partial charge in [-0.3, -0.25) is 9.59 Å². The fourth-order valence-electron chi connectivity index (χ4n) is 3.01. The third-order valence-electron chi connectivity index (χ3n) is 4.08. The standard InChI is InChI=1S/C19H24N2O3/c1-12(2)21-13(3)11-17(14(21)4)19(24)20-16-8-5-15(6-9-16)7-10-18(22)23/h5-6,8-9,11-12H,7,10H2,1-4H3,(H,20,24)(H,22,23). The summed E-state index contributed by atoms with van der Waals surface area (Å²) >= 11 is 0. The lowest BCUT2D eigenvalue weighted by Gasteiger charge is -2.13. The molecular weight excluding hydrogens is 304 g/mol. The number of hydrogen-bond acceptors (Lipinski definition) is 2. The lowest BCUT2D eigenvalue weighted by Crippen LogP contribution is -2.14. The Kier molecular flexibility index (Phi) is 5.44. The minimum Gasteiger partial charge on any atom is -0.481 e. The summed E-state index contributed by atoms with van der Waals surface area (Å²) in [6.45, 7) is 8.15. The Morgan fingerprint density at radius 3 is 2.29 bits per heavy atom. The number of hydrogen-bond donors (Lipinski definition) is 2. The number of benzene rings is 1. The number of amides is 1. The number of nitrogens with zero attached hydrogens (tertiary/aromatic N) is 1. The molecule has 1 heterocycles. The molecule has 0 unspecified atom stereocenters. The van der Waals surface area contributed by atoms with Crippen LogP contribution in [0.2, 0.25) is 0 Å². The first-order chi connectivity index (χ1) is 11.3. The molecule has 0 atom stereocenters. The Bertz CT molecular complexity index is 743. The van der Waals surface area contributed by atoms with E-state index < -0.39 is 5.97 Å². The molecule has 2 rings (SSSR count). The molecule has 0 fully saturated rings. The van der Waals surface area contributed by atoms with E-state index in [0.717, 1.165) is 17.0 Å². The Morgan fingerprint density at radius 1 is 1.17 bits per heavy atom. The van der Waals surface area contributed by atoms with Crippen LogP contribution in [0.5, 0.6) is 0 Å². The summed E-state index contributed by atoms with van der Waals surface area (Å²) in [5.41, 5.74) is 4.34. The molecule has 1 aromatic heterocycles. The van der Waals surface area contributed by atoms with E-state index in [0.29, 0.717) is 23.7 Å². The van der Waals surface area contributed by atoms with Gasteiger partial charge in [0.1, 0.15) is 0 Å². The smallest absolute Gasteiger partial charge is 0.303 e. The van der Waals surface area contributed by atoms with Crippen LogP contribution in [0.3, 0.4) is 0 Å². The van der Waals surface area contributed by atoms with Crippen LogP contribution >= 0.6 is 0 Å². The van der Waals surface area contributed by atoms with Crippen molar-refractivity contribution in [3.63, 3.8) is 0 Å². The maximum atomic E-state index is 12.5. The van der Waals surface area contributed by atoms with Crippen LogP contribution in [0.1, 0.15) is 53.6 Å². The van der Waals surface area contributed by atoms with Gasteiger partial charge in [-0.15, -0.1) is 0 Å². The zero-order chi connectivity index (χ0) is 17.9. The number of carboxylic acid groups (broad SMARTS) is 1. The van der Waals surface area contributed by atoms with Crippen molar-refractivity contribution in [2.24, 2.45) is 0 Å². The van der Waals surface area contributed by atoms with Gasteiger partial charge >= 0.3 is 5.97 Å². The number of aryl methyl sites for hydroxylation is 2. The number of aliphatic carboxylic acids is 1. The lowest BCUT2D eigenvalue weighted by atomic mass is 10.1. The summed E-state index contributed by atoms with van der Waals surface area (Å²) in [6, 6.07) is 9.51.